The topological polar surface area (TPSA) is 42.0 Å². The average Bonchev–Trinajstić information content (AvgIpc) is 2.80. The molecule has 0 bridgehead atoms. The van der Waals surface area contributed by atoms with Crippen LogP contribution in [-0.2, 0) is 6.18 Å². The fourth-order valence-corrected chi connectivity index (χ4v) is 2.16. The molecule has 2 rings (SSSR count). The second kappa shape index (κ2) is 4.96. The molecular formula is C12H13F3N2O. The highest BCUT2D eigenvalue weighted by atomic mass is 19.4. The molecule has 1 N–H and O–H groups in total. The Morgan fingerprint density at radius 2 is 2.00 bits per heavy atom. The summed E-state index contributed by atoms with van der Waals surface area (Å²) in [5, 5.41) is 2.63. The van der Waals surface area contributed by atoms with Gasteiger partial charge in [0, 0.05) is 18.4 Å². The molecule has 0 saturated heterocycles. The molecule has 0 unspecified atom stereocenters. The molecule has 98 valence electrons. The van der Waals surface area contributed by atoms with Gasteiger partial charge in [-0.05, 0) is 18.9 Å². The van der Waals surface area contributed by atoms with E-state index < -0.39 is 23.2 Å². The lowest BCUT2D eigenvalue weighted by Crippen LogP contribution is -2.34. The first-order chi connectivity index (χ1) is 8.48. The summed E-state index contributed by atoms with van der Waals surface area (Å²) in [5.74, 6) is -0.692. The maximum atomic E-state index is 12.7. The third-order valence-corrected chi connectivity index (χ3v) is 3.06. The predicted molar refractivity (Wildman–Crippen MR) is 59.0 cm³/mol. The number of amides is 1. The first-order valence-electron chi connectivity index (χ1n) is 5.80. The van der Waals surface area contributed by atoms with E-state index in [0.717, 1.165) is 44.1 Å². The van der Waals surface area contributed by atoms with Crippen molar-refractivity contribution in [1.82, 2.24) is 10.3 Å². The van der Waals surface area contributed by atoms with Crippen molar-refractivity contribution in [3.05, 3.63) is 29.6 Å². The Kier molecular flexibility index (Phi) is 3.54. The Morgan fingerprint density at radius 3 is 2.61 bits per heavy atom. The van der Waals surface area contributed by atoms with Crippen LogP contribution in [0.4, 0.5) is 13.2 Å². The Morgan fingerprint density at radius 1 is 1.33 bits per heavy atom. The Hall–Kier alpha value is -1.59. The van der Waals surface area contributed by atoms with Gasteiger partial charge >= 0.3 is 6.18 Å². The van der Waals surface area contributed by atoms with Crippen molar-refractivity contribution < 1.29 is 18.0 Å². The van der Waals surface area contributed by atoms with E-state index in [1.807, 2.05) is 0 Å². The minimum absolute atomic E-state index is 0.0150. The van der Waals surface area contributed by atoms with Crippen LogP contribution in [0.5, 0.6) is 0 Å². The summed E-state index contributed by atoms with van der Waals surface area (Å²) in [4.78, 5) is 15.4. The number of carbonyl (C=O) groups excluding carboxylic acids is 1. The number of nitrogens with one attached hydrogen (secondary N) is 1. The van der Waals surface area contributed by atoms with E-state index in [9.17, 15) is 18.0 Å². The normalized spacial score (nSPS) is 16.8. The first kappa shape index (κ1) is 12.9. The van der Waals surface area contributed by atoms with E-state index in [4.69, 9.17) is 0 Å². The minimum Gasteiger partial charge on any atom is -0.349 e. The van der Waals surface area contributed by atoms with Crippen LogP contribution in [0.15, 0.2) is 18.5 Å². The summed E-state index contributed by atoms with van der Waals surface area (Å²) in [6.45, 7) is 0. The second-order valence-electron chi connectivity index (χ2n) is 4.37. The monoisotopic (exact) mass is 258 g/mol. The molecule has 0 aromatic carbocycles. The van der Waals surface area contributed by atoms with Crippen molar-refractivity contribution in [1.29, 1.82) is 0 Å². The number of alkyl halides is 3. The molecule has 0 spiro atoms. The van der Waals surface area contributed by atoms with Crippen molar-refractivity contribution in [2.45, 2.75) is 37.9 Å². The van der Waals surface area contributed by atoms with Gasteiger partial charge in [0.05, 0.1) is 11.1 Å². The Labute approximate surface area is 102 Å². The lowest BCUT2D eigenvalue weighted by molar-refractivity contribution is -0.138. The molecule has 1 aromatic heterocycles. The standard InChI is InChI=1S/C12H13F3N2O/c13-12(14,15)10-5-6-16-7-9(10)11(18)17-8-3-1-2-4-8/h5-8H,1-4H2,(H,17,18). The Bertz CT molecular complexity index is 439. The number of hydrogen-bond donors (Lipinski definition) is 1. The molecule has 1 aliphatic carbocycles. The predicted octanol–water partition coefficient (Wildman–Crippen LogP) is 2.77. The van der Waals surface area contributed by atoms with Gasteiger partial charge in [-0.25, -0.2) is 0 Å². The molecule has 1 saturated carbocycles. The van der Waals surface area contributed by atoms with Crippen LogP contribution >= 0.6 is 0 Å². The van der Waals surface area contributed by atoms with Gasteiger partial charge in [-0.2, -0.15) is 13.2 Å². The molecule has 18 heavy (non-hydrogen) atoms. The maximum absolute atomic E-state index is 12.7. The van der Waals surface area contributed by atoms with Gasteiger partial charge in [0.25, 0.3) is 5.91 Å². The zero-order valence-corrected chi connectivity index (χ0v) is 9.63. The Balaban J connectivity index is 2.19. The lowest BCUT2D eigenvalue weighted by atomic mass is 10.1. The number of aromatic nitrogens is 1. The largest absolute Gasteiger partial charge is 0.417 e. The van der Waals surface area contributed by atoms with Crippen molar-refractivity contribution >= 4 is 5.91 Å². The van der Waals surface area contributed by atoms with Gasteiger partial charge in [0.2, 0.25) is 0 Å². The first-order valence-corrected chi connectivity index (χ1v) is 5.80. The van der Waals surface area contributed by atoms with Gasteiger partial charge in [0.1, 0.15) is 0 Å². The van der Waals surface area contributed by atoms with Crippen LogP contribution in [0.2, 0.25) is 0 Å². The number of hydrogen-bond acceptors (Lipinski definition) is 2. The summed E-state index contributed by atoms with van der Waals surface area (Å²) in [6.07, 6.45) is 1.13. The summed E-state index contributed by atoms with van der Waals surface area (Å²) < 4.78 is 38.1. The van der Waals surface area contributed by atoms with Gasteiger partial charge in [-0.15, -0.1) is 0 Å². The van der Waals surface area contributed by atoms with Crippen molar-refractivity contribution in [2.75, 3.05) is 0 Å². The van der Waals surface area contributed by atoms with Gasteiger partial charge in [-0.1, -0.05) is 12.8 Å². The van der Waals surface area contributed by atoms with Crippen molar-refractivity contribution in [3.63, 3.8) is 0 Å². The molecule has 1 fully saturated rings. The lowest BCUT2D eigenvalue weighted by Gasteiger charge is -2.15. The highest BCUT2D eigenvalue weighted by Gasteiger charge is 2.35. The van der Waals surface area contributed by atoms with Crippen LogP contribution < -0.4 is 5.32 Å². The van der Waals surface area contributed by atoms with Crippen LogP contribution in [0, 0.1) is 0 Å². The SMILES string of the molecule is O=C(NC1CCCC1)c1cnccc1C(F)(F)F. The van der Waals surface area contributed by atoms with Gasteiger partial charge in [-0.3, -0.25) is 9.78 Å². The molecule has 1 aliphatic rings. The summed E-state index contributed by atoms with van der Waals surface area (Å²) in [7, 11) is 0. The summed E-state index contributed by atoms with van der Waals surface area (Å²) in [5.41, 5.74) is -1.34. The van der Waals surface area contributed by atoms with E-state index in [1.54, 1.807) is 0 Å². The fraction of sp³-hybridized carbons (Fsp3) is 0.500. The molecular weight excluding hydrogens is 245 g/mol. The molecule has 1 aromatic rings. The number of carbonyl (C=O) groups is 1. The van der Waals surface area contributed by atoms with Gasteiger partial charge in [0.15, 0.2) is 0 Å². The van der Waals surface area contributed by atoms with Crippen molar-refractivity contribution in [2.24, 2.45) is 0 Å². The quantitative estimate of drug-likeness (QED) is 0.886. The average molecular weight is 258 g/mol. The fourth-order valence-electron chi connectivity index (χ4n) is 2.16. The van der Waals surface area contributed by atoms with Gasteiger partial charge < -0.3 is 5.32 Å². The van der Waals surface area contributed by atoms with Crippen LogP contribution in [0.1, 0.15) is 41.6 Å². The third kappa shape index (κ3) is 2.80. The summed E-state index contributed by atoms with van der Waals surface area (Å²) in [6, 6.07) is 0.808. The van der Waals surface area contributed by atoms with E-state index >= 15 is 0 Å². The highest BCUT2D eigenvalue weighted by molar-refractivity contribution is 5.95. The van der Waals surface area contributed by atoms with E-state index in [0.29, 0.717) is 0 Å². The molecule has 0 radical (unpaired) electrons. The molecule has 3 nitrogen and oxygen atoms in total. The van der Waals surface area contributed by atoms with Crippen molar-refractivity contribution in [3.8, 4) is 0 Å². The molecule has 0 atom stereocenters. The van der Waals surface area contributed by atoms with E-state index in [2.05, 4.69) is 10.3 Å². The number of pyridine rings is 1. The highest BCUT2D eigenvalue weighted by Crippen LogP contribution is 2.31. The summed E-state index contributed by atoms with van der Waals surface area (Å²) >= 11 is 0. The minimum atomic E-state index is -4.54. The number of nitrogens with zero attached hydrogens (tertiary/aromatic N) is 1. The molecule has 0 aliphatic heterocycles. The molecule has 1 amide bonds. The maximum Gasteiger partial charge on any atom is 0.417 e. The van der Waals surface area contributed by atoms with E-state index in [1.165, 1.54) is 0 Å². The number of rotatable bonds is 2. The zero-order chi connectivity index (χ0) is 13.2. The third-order valence-electron chi connectivity index (χ3n) is 3.06. The van der Waals surface area contributed by atoms with Crippen LogP contribution in [0.25, 0.3) is 0 Å². The second-order valence-corrected chi connectivity index (χ2v) is 4.37. The molecule has 1 heterocycles. The molecule has 6 heteroatoms. The van der Waals surface area contributed by atoms with E-state index in [-0.39, 0.29) is 6.04 Å². The van der Waals surface area contributed by atoms with Crippen LogP contribution in [-0.4, -0.2) is 16.9 Å². The number of halogens is 3. The van der Waals surface area contributed by atoms with Crippen LogP contribution in [0.3, 0.4) is 0 Å². The smallest absolute Gasteiger partial charge is 0.349 e. The zero-order valence-electron chi connectivity index (χ0n) is 9.63.